The summed E-state index contributed by atoms with van der Waals surface area (Å²) in [4.78, 5) is 14.3. The third-order valence-corrected chi connectivity index (χ3v) is 8.02. The summed E-state index contributed by atoms with van der Waals surface area (Å²) in [6.07, 6.45) is 8.62. The first-order chi connectivity index (χ1) is 21.5. The van der Waals surface area contributed by atoms with Crippen molar-refractivity contribution < 1.29 is 33.1 Å². The van der Waals surface area contributed by atoms with Crippen molar-refractivity contribution in [1.29, 1.82) is 0 Å². The summed E-state index contributed by atoms with van der Waals surface area (Å²) in [5.74, 6) is 0.905. The Hall–Kier alpha value is -3.33. The molecule has 0 spiro atoms. The van der Waals surface area contributed by atoms with E-state index in [0.717, 1.165) is 58.9 Å². The van der Waals surface area contributed by atoms with Crippen molar-refractivity contribution in [3.63, 3.8) is 0 Å². The molecule has 0 amide bonds. The van der Waals surface area contributed by atoms with Gasteiger partial charge in [-0.1, -0.05) is 23.3 Å². The van der Waals surface area contributed by atoms with E-state index < -0.39 is 0 Å². The first kappa shape index (κ1) is 37.1. The van der Waals surface area contributed by atoms with Crippen LogP contribution in [0.15, 0.2) is 44.6 Å². The predicted molar refractivity (Wildman–Crippen MR) is 189 cm³/mol. The molecular formula is C38H58N2O6+2. The zero-order chi connectivity index (χ0) is 34.2. The largest absolute Gasteiger partial charge is 0.507 e. The van der Waals surface area contributed by atoms with E-state index in [-0.39, 0.29) is 28.8 Å². The van der Waals surface area contributed by atoms with E-state index in [1.165, 1.54) is 0 Å². The van der Waals surface area contributed by atoms with Crippen LogP contribution in [0.25, 0.3) is 21.9 Å². The standard InChI is InChI=1S/C38H57N2O6/c1-26(2)15-17-28-30(25-41)32(45-22-14-12-20-40(8,9)10)24-33-35(28)38(43)36-34(46-33)23-31(29(37(36)42)18-16-27(3)4)44-21-13-11-19-39(5,6)7/h15-16,23-24,41H,11-14,17-22,25H2,1-10H3/q+1/p+1. The Kier molecular flexibility index (Phi) is 12.9. The van der Waals surface area contributed by atoms with Gasteiger partial charge in [-0.2, -0.15) is 0 Å². The van der Waals surface area contributed by atoms with E-state index in [4.69, 9.17) is 13.9 Å². The molecule has 0 saturated carbocycles. The Morgan fingerprint density at radius 2 is 1.17 bits per heavy atom. The second kappa shape index (κ2) is 16.0. The molecule has 0 bridgehead atoms. The number of aromatic hydroxyl groups is 1. The molecule has 254 valence electrons. The van der Waals surface area contributed by atoms with E-state index in [1.807, 2.05) is 39.8 Å². The summed E-state index contributed by atoms with van der Waals surface area (Å²) in [5, 5.41) is 22.7. The lowest BCUT2D eigenvalue weighted by Gasteiger charge is -2.23. The van der Waals surface area contributed by atoms with Crippen molar-refractivity contribution in [1.82, 2.24) is 0 Å². The highest BCUT2D eigenvalue weighted by atomic mass is 16.5. The van der Waals surface area contributed by atoms with Crippen molar-refractivity contribution in [3.05, 3.63) is 62.3 Å². The summed E-state index contributed by atoms with van der Waals surface area (Å²) in [6, 6.07) is 3.46. The second-order valence-electron chi connectivity index (χ2n) is 15.0. The molecule has 8 heteroatoms. The lowest BCUT2D eigenvalue weighted by atomic mass is 9.95. The number of hydrogen-bond acceptors (Lipinski definition) is 6. The van der Waals surface area contributed by atoms with E-state index >= 15 is 0 Å². The molecule has 46 heavy (non-hydrogen) atoms. The molecular weight excluding hydrogens is 580 g/mol. The monoisotopic (exact) mass is 638 g/mol. The van der Waals surface area contributed by atoms with Crippen LogP contribution >= 0.6 is 0 Å². The normalized spacial score (nSPS) is 12.1. The van der Waals surface area contributed by atoms with Crippen LogP contribution in [0.3, 0.4) is 0 Å². The van der Waals surface area contributed by atoms with Crippen LogP contribution in [0, 0.1) is 0 Å². The van der Waals surface area contributed by atoms with Gasteiger partial charge in [0.2, 0.25) is 5.43 Å². The van der Waals surface area contributed by atoms with Gasteiger partial charge < -0.3 is 33.1 Å². The number of aliphatic hydroxyl groups excluding tert-OH is 1. The molecule has 2 aromatic carbocycles. The topological polar surface area (TPSA) is 89.1 Å². The number of unbranched alkanes of at least 4 members (excludes halogenated alkanes) is 2. The molecule has 0 radical (unpaired) electrons. The van der Waals surface area contributed by atoms with Gasteiger partial charge in [0.25, 0.3) is 0 Å². The smallest absolute Gasteiger partial charge is 0.204 e. The Morgan fingerprint density at radius 3 is 1.63 bits per heavy atom. The quantitative estimate of drug-likeness (QED) is 0.0725. The molecule has 0 aliphatic heterocycles. The minimum atomic E-state index is -0.331. The summed E-state index contributed by atoms with van der Waals surface area (Å²) < 4.78 is 20.7. The van der Waals surface area contributed by atoms with Crippen molar-refractivity contribution in [2.75, 3.05) is 68.6 Å². The van der Waals surface area contributed by atoms with Gasteiger partial charge in [0.05, 0.1) is 80.6 Å². The third-order valence-electron chi connectivity index (χ3n) is 8.02. The number of phenols is 1. The van der Waals surface area contributed by atoms with Gasteiger partial charge in [0, 0.05) is 23.3 Å². The number of fused-ring (bicyclic) bond motifs is 2. The summed E-state index contributed by atoms with van der Waals surface area (Å²) >= 11 is 0. The number of allylic oxidation sites excluding steroid dienone is 4. The zero-order valence-electron chi connectivity index (χ0n) is 30.0. The fourth-order valence-electron chi connectivity index (χ4n) is 5.47. The Balaban J connectivity index is 2.17. The van der Waals surface area contributed by atoms with E-state index in [2.05, 4.69) is 42.3 Å². The third kappa shape index (κ3) is 10.3. The molecule has 0 aliphatic rings. The molecule has 1 aromatic heterocycles. The highest BCUT2D eigenvalue weighted by Gasteiger charge is 2.24. The molecule has 1 heterocycles. The van der Waals surface area contributed by atoms with Crippen LogP contribution in [-0.2, 0) is 19.4 Å². The average Bonchev–Trinajstić information content (AvgIpc) is 2.93. The molecule has 2 N–H and O–H groups in total. The first-order valence-electron chi connectivity index (χ1n) is 16.6. The Morgan fingerprint density at radius 1 is 0.717 bits per heavy atom. The van der Waals surface area contributed by atoms with Crippen LogP contribution in [0.4, 0.5) is 0 Å². The molecule has 3 aromatic rings. The van der Waals surface area contributed by atoms with E-state index in [1.54, 1.807) is 12.1 Å². The molecule has 0 aliphatic carbocycles. The number of nitrogens with zero attached hydrogens (tertiary/aromatic N) is 2. The van der Waals surface area contributed by atoms with Gasteiger partial charge in [-0.05, 0) is 71.8 Å². The number of phenolic OH excluding ortho intramolecular Hbond substituents is 1. The van der Waals surface area contributed by atoms with Gasteiger partial charge in [-0.25, -0.2) is 0 Å². The lowest BCUT2D eigenvalue weighted by Crippen LogP contribution is -2.35. The van der Waals surface area contributed by atoms with Crippen molar-refractivity contribution in [2.24, 2.45) is 0 Å². The molecule has 0 saturated heterocycles. The predicted octanol–water partition coefficient (Wildman–Crippen LogP) is 6.89. The molecule has 0 fully saturated rings. The van der Waals surface area contributed by atoms with Gasteiger partial charge in [-0.3, -0.25) is 4.79 Å². The summed E-state index contributed by atoms with van der Waals surface area (Å²) in [7, 11) is 13.0. The Bertz CT molecular complexity index is 1610. The average molecular weight is 639 g/mol. The maximum absolute atomic E-state index is 14.3. The second-order valence-corrected chi connectivity index (χ2v) is 15.0. The molecule has 3 rings (SSSR count). The minimum Gasteiger partial charge on any atom is -0.507 e. The fraction of sp³-hybridized carbons (Fsp3) is 0.553. The number of rotatable bonds is 17. The first-order valence-corrected chi connectivity index (χ1v) is 16.6. The van der Waals surface area contributed by atoms with E-state index in [0.29, 0.717) is 65.2 Å². The zero-order valence-corrected chi connectivity index (χ0v) is 30.0. The molecule has 0 unspecified atom stereocenters. The van der Waals surface area contributed by atoms with Gasteiger partial charge >= 0.3 is 0 Å². The maximum Gasteiger partial charge on any atom is 0.204 e. The van der Waals surface area contributed by atoms with Crippen molar-refractivity contribution >= 4 is 21.9 Å². The van der Waals surface area contributed by atoms with Gasteiger partial charge in [0.1, 0.15) is 33.8 Å². The Labute approximate surface area is 275 Å². The van der Waals surface area contributed by atoms with Crippen LogP contribution in [0.2, 0.25) is 0 Å². The van der Waals surface area contributed by atoms with Gasteiger partial charge in [-0.15, -0.1) is 0 Å². The van der Waals surface area contributed by atoms with Crippen molar-refractivity contribution in [2.45, 2.75) is 72.8 Å². The molecule has 8 nitrogen and oxygen atoms in total. The van der Waals surface area contributed by atoms with Crippen LogP contribution < -0.4 is 14.9 Å². The van der Waals surface area contributed by atoms with Gasteiger partial charge in [0.15, 0.2) is 0 Å². The lowest BCUT2D eigenvalue weighted by molar-refractivity contribution is -0.870. The highest BCUT2D eigenvalue weighted by molar-refractivity contribution is 5.97. The fourth-order valence-corrected chi connectivity index (χ4v) is 5.47. The SMILES string of the molecule is CC(C)=CCc1c(OCCCC[N+](C)(C)C)cc2oc3cc(OCCCC[N+](C)(C)C)c(CO)c(CC=C(C)C)c3c(=O)c2c1O. The minimum absolute atomic E-state index is 0.122. The number of benzene rings is 2. The highest BCUT2D eigenvalue weighted by Crippen LogP contribution is 2.39. The number of aliphatic hydroxyl groups is 1. The summed E-state index contributed by atoms with van der Waals surface area (Å²) in [5.41, 5.74) is 4.26. The number of hydrogen-bond donors (Lipinski definition) is 2. The van der Waals surface area contributed by atoms with E-state index in [9.17, 15) is 15.0 Å². The van der Waals surface area contributed by atoms with Crippen molar-refractivity contribution in [3.8, 4) is 17.2 Å². The maximum atomic E-state index is 14.3. The number of ether oxygens (including phenoxy) is 2. The molecule has 0 atom stereocenters. The van der Waals surface area contributed by atoms with Crippen LogP contribution in [0.1, 0.15) is 70.1 Å². The van der Waals surface area contributed by atoms with Crippen LogP contribution in [-0.4, -0.2) is 87.8 Å². The summed E-state index contributed by atoms with van der Waals surface area (Å²) in [6.45, 7) is 10.7. The van der Waals surface area contributed by atoms with Crippen LogP contribution in [0.5, 0.6) is 17.2 Å². The number of quaternary nitrogens is 2.